The third-order valence-electron chi connectivity index (χ3n) is 5.83. The van der Waals surface area contributed by atoms with Gasteiger partial charge in [-0.15, -0.1) is 0 Å². The van der Waals surface area contributed by atoms with Crippen LogP contribution in [0.3, 0.4) is 0 Å². The summed E-state index contributed by atoms with van der Waals surface area (Å²) in [6.45, 7) is 3.07. The van der Waals surface area contributed by atoms with Crippen molar-refractivity contribution in [3.05, 3.63) is 30.3 Å². The van der Waals surface area contributed by atoms with E-state index in [4.69, 9.17) is 0 Å². The van der Waals surface area contributed by atoms with Crippen molar-refractivity contribution in [2.75, 3.05) is 31.1 Å². The number of nitrogens with zero attached hydrogens (tertiary/aromatic N) is 2. The van der Waals surface area contributed by atoms with Gasteiger partial charge in [0.1, 0.15) is 0 Å². The van der Waals surface area contributed by atoms with Crippen molar-refractivity contribution >= 4 is 17.6 Å². The van der Waals surface area contributed by atoms with Gasteiger partial charge in [0.05, 0.1) is 5.54 Å². The van der Waals surface area contributed by atoms with Gasteiger partial charge in [-0.3, -0.25) is 4.79 Å². The van der Waals surface area contributed by atoms with Crippen LogP contribution in [0.4, 0.5) is 10.5 Å². The van der Waals surface area contributed by atoms with E-state index in [2.05, 4.69) is 39.8 Å². The predicted octanol–water partition coefficient (Wildman–Crippen LogP) is 1.72. The van der Waals surface area contributed by atoms with Crippen LogP contribution in [0.1, 0.15) is 32.1 Å². The number of amides is 3. The van der Waals surface area contributed by atoms with Gasteiger partial charge in [0.25, 0.3) is 0 Å². The summed E-state index contributed by atoms with van der Waals surface area (Å²) in [6, 6.07) is 10.8. The molecule has 25 heavy (non-hydrogen) atoms. The Balaban J connectivity index is 1.31. The first-order valence-corrected chi connectivity index (χ1v) is 9.31. The molecule has 0 saturated carbocycles. The summed E-state index contributed by atoms with van der Waals surface area (Å²) in [5.41, 5.74) is 1.06. The number of anilines is 1. The van der Waals surface area contributed by atoms with Gasteiger partial charge in [0.2, 0.25) is 5.91 Å². The van der Waals surface area contributed by atoms with Crippen LogP contribution < -0.4 is 15.5 Å². The average Bonchev–Trinajstić information content (AvgIpc) is 3.35. The van der Waals surface area contributed by atoms with Crippen LogP contribution >= 0.6 is 0 Å². The molecule has 3 heterocycles. The number of benzene rings is 1. The van der Waals surface area contributed by atoms with E-state index in [1.165, 1.54) is 5.69 Å². The summed E-state index contributed by atoms with van der Waals surface area (Å²) < 4.78 is 0. The van der Waals surface area contributed by atoms with E-state index in [0.29, 0.717) is 25.6 Å². The maximum Gasteiger partial charge on any atom is 0.317 e. The SMILES string of the molecule is O=C1CCC2(CCN(C(=O)NC[C@H]3CCCN3c3ccccc3)C2)N1. The lowest BCUT2D eigenvalue weighted by Gasteiger charge is -2.28. The van der Waals surface area contributed by atoms with Crippen LogP contribution in [-0.2, 0) is 4.79 Å². The Hall–Kier alpha value is -2.24. The molecule has 134 valence electrons. The molecule has 3 aliphatic rings. The molecule has 3 aliphatic heterocycles. The van der Waals surface area contributed by atoms with Crippen molar-refractivity contribution in [2.45, 2.75) is 43.7 Å². The first-order chi connectivity index (χ1) is 12.2. The normalized spacial score (nSPS) is 28.6. The fourth-order valence-electron chi connectivity index (χ4n) is 4.45. The van der Waals surface area contributed by atoms with Crippen LogP contribution in [-0.4, -0.2) is 54.6 Å². The molecule has 2 atom stereocenters. The minimum atomic E-state index is -0.169. The van der Waals surface area contributed by atoms with Crippen molar-refractivity contribution in [2.24, 2.45) is 0 Å². The minimum absolute atomic E-state index is 0.00191. The van der Waals surface area contributed by atoms with Crippen molar-refractivity contribution in [3.63, 3.8) is 0 Å². The maximum absolute atomic E-state index is 12.6. The third kappa shape index (κ3) is 3.30. The zero-order chi connectivity index (χ0) is 17.3. The monoisotopic (exact) mass is 342 g/mol. The molecular weight excluding hydrogens is 316 g/mol. The number of nitrogens with one attached hydrogen (secondary N) is 2. The predicted molar refractivity (Wildman–Crippen MR) is 96.5 cm³/mol. The van der Waals surface area contributed by atoms with Crippen LogP contribution in [0.2, 0.25) is 0 Å². The largest absolute Gasteiger partial charge is 0.367 e. The van der Waals surface area contributed by atoms with Crippen molar-refractivity contribution in [3.8, 4) is 0 Å². The van der Waals surface area contributed by atoms with Crippen molar-refractivity contribution in [1.29, 1.82) is 0 Å². The lowest BCUT2D eigenvalue weighted by Crippen LogP contribution is -2.48. The molecule has 0 aliphatic carbocycles. The molecule has 2 N–H and O–H groups in total. The van der Waals surface area contributed by atoms with Gasteiger partial charge in [-0.05, 0) is 37.8 Å². The average molecular weight is 342 g/mol. The number of para-hydroxylation sites is 1. The minimum Gasteiger partial charge on any atom is -0.367 e. The highest BCUT2D eigenvalue weighted by atomic mass is 16.2. The number of likely N-dealkylation sites (tertiary alicyclic amines) is 1. The highest BCUT2D eigenvalue weighted by molar-refractivity contribution is 5.80. The Bertz CT molecular complexity index is 650. The van der Waals surface area contributed by atoms with Gasteiger partial charge >= 0.3 is 6.03 Å². The lowest BCUT2D eigenvalue weighted by atomic mass is 9.97. The summed E-state index contributed by atoms with van der Waals surface area (Å²) in [5, 5.41) is 6.19. The van der Waals surface area contributed by atoms with Gasteiger partial charge < -0.3 is 20.4 Å². The van der Waals surface area contributed by atoms with Crippen LogP contribution in [0, 0.1) is 0 Å². The van der Waals surface area contributed by atoms with E-state index in [1.807, 2.05) is 11.0 Å². The van der Waals surface area contributed by atoms with E-state index in [-0.39, 0.29) is 17.5 Å². The quantitative estimate of drug-likeness (QED) is 0.879. The van der Waals surface area contributed by atoms with Gasteiger partial charge in [0, 0.05) is 44.3 Å². The number of hydrogen-bond acceptors (Lipinski definition) is 3. The molecular formula is C19H26N4O2. The second-order valence-electron chi connectivity index (χ2n) is 7.51. The second-order valence-corrected chi connectivity index (χ2v) is 7.51. The third-order valence-corrected chi connectivity index (χ3v) is 5.83. The molecule has 6 heteroatoms. The second kappa shape index (κ2) is 6.58. The van der Waals surface area contributed by atoms with Crippen LogP contribution in [0.25, 0.3) is 0 Å². The Kier molecular flexibility index (Phi) is 4.27. The fourth-order valence-corrected chi connectivity index (χ4v) is 4.45. The zero-order valence-corrected chi connectivity index (χ0v) is 14.5. The molecule has 4 rings (SSSR count). The number of rotatable bonds is 3. The summed E-state index contributed by atoms with van der Waals surface area (Å²) in [5.74, 6) is 0.117. The first kappa shape index (κ1) is 16.2. The van der Waals surface area contributed by atoms with E-state index in [0.717, 1.165) is 38.8 Å². The van der Waals surface area contributed by atoms with E-state index >= 15 is 0 Å². The standard InChI is InChI=1S/C19H26N4O2/c24-17-8-9-19(21-17)10-12-22(14-19)18(25)20-13-16-7-4-11-23(16)15-5-2-1-3-6-15/h1-3,5-6,16H,4,7-14H2,(H,20,25)(H,21,24)/t16-,19?/m1/s1. The summed E-state index contributed by atoms with van der Waals surface area (Å²) >= 11 is 0. The Morgan fingerprint density at radius 1 is 1.24 bits per heavy atom. The highest BCUT2D eigenvalue weighted by Crippen LogP contribution is 2.30. The Morgan fingerprint density at radius 3 is 2.84 bits per heavy atom. The molecule has 1 spiro atoms. The summed E-state index contributed by atoms with van der Waals surface area (Å²) in [7, 11) is 0. The Labute approximate surface area is 148 Å². The molecule has 1 aromatic rings. The van der Waals surface area contributed by atoms with Gasteiger partial charge in [-0.1, -0.05) is 18.2 Å². The molecule has 3 amide bonds. The topological polar surface area (TPSA) is 64.7 Å². The smallest absolute Gasteiger partial charge is 0.317 e. The first-order valence-electron chi connectivity index (χ1n) is 9.31. The van der Waals surface area contributed by atoms with E-state index in [9.17, 15) is 9.59 Å². The van der Waals surface area contributed by atoms with Crippen LogP contribution in [0.15, 0.2) is 30.3 Å². The molecule has 1 unspecified atom stereocenters. The molecule has 0 aromatic heterocycles. The highest BCUT2D eigenvalue weighted by Gasteiger charge is 2.44. The van der Waals surface area contributed by atoms with Crippen molar-refractivity contribution in [1.82, 2.24) is 15.5 Å². The number of hydrogen-bond donors (Lipinski definition) is 2. The summed E-state index contributed by atoms with van der Waals surface area (Å²) in [4.78, 5) is 28.3. The van der Waals surface area contributed by atoms with E-state index in [1.54, 1.807) is 0 Å². The molecule has 6 nitrogen and oxygen atoms in total. The zero-order valence-electron chi connectivity index (χ0n) is 14.5. The summed E-state index contributed by atoms with van der Waals surface area (Å²) in [6.07, 6.45) is 4.57. The molecule has 1 aromatic carbocycles. The molecule has 3 saturated heterocycles. The number of urea groups is 1. The lowest BCUT2D eigenvalue weighted by molar-refractivity contribution is -0.119. The number of carbonyl (C=O) groups is 2. The van der Waals surface area contributed by atoms with Gasteiger partial charge in [-0.25, -0.2) is 4.79 Å². The van der Waals surface area contributed by atoms with E-state index < -0.39 is 0 Å². The van der Waals surface area contributed by atoms with Crippen molar-refractivity contribution < 1.29 is 9.59 Å². The van der Waals surface area contributed by atoms with Gasteiger partial charge in [0.15, 0.2) is 0 Å². The fraction of sp³-hybridized carbons (Fsp3) is 0.579. The molecule has 3 fully saturated rings. The maximum atomic E-state index is 12.6. The van der Waals surface area contributed by atoms with Gasteiger partial charge in [-0.2, -0.15) is 0 Å². The molecule has 0 radical (unpaired) electrons. The van der Waals surface area contributed by atoms with Crippen LogP contribution in [0.5, 0.6) is 0 Å². The molecule has 0 bridgehead atoms. The Morgan fingerprint density at radius 2 is 2.08 bits per heavy atom. The number of carbonyl (C=O) groups excluding carboxylic acids is 2.